The van der Waals surface area contributed by atoms with E-state index in [2.05, 4.69) is 12.2 Å². The van der Waals surface area contributed by atoms with Crippen LogP contribution >= 0.6 is 24.2 Å². The van der Waals surface area contributed by atoms with E-state index in [0.717, 1.165) is 37.4 Å². The van der Waals surface area contributed by atoms with Crippen molar-refractivity contribution in [1.29, 1.82) is 0 Å². The SMILES string of the molecule is CCCN(C(=O)C(C)Sc1ccc([N+](=O)[O-])cc1)C1CCNC1.Cl. The molecular formula is C16H24ClN3O3S. The Morgan fingerprint density at radius 2 is 2.12 bits per heavy atom. The van der Waals surface area contributed by atoms with E-state index in [1.165, 1.54) is 23.9 Å². The van der Waals surface area contributed by atoms with Crippen LogP contribution in [0, 0.1) is 10.1 Å². The second kappa shape index (κ2) is 9.86. The maximum absolute atomic E-state index is 12.8. The molecule has 1 amide bonds. The predicted molar refractivity (Wildman–Crippen MR) is 98.9 cm³/mol. The van der Waals surface area contributed by atoms with E-state index in [-0.39, 0.29) is 35.3 Å². The standard InChI is InChI=1S/C16H23N3O3S.ClH/c1-3-10-18(14-8-9-17-11-14)16(20)12(2)23-15-6-4-13(5-7-15)19(21)22;/h4-7,12,14,17H,3,8-11H2,1-2H3;1H. The topological polar surface area (TPSA) is 75.5 Å². The molecule has 0 saturated carbocycles. The van der Waals surface area contributed by atoms with Crippen molar-refractivity contribution in [2.24, 2.45) is 0 Å². The van der Waals surface area contributed by atoms with Gasteiger partial charge in [-0.2, -0.15) is 0 Å². The number of thioether (sulfide) groups is 1. The van der Waals surface area contributed by atoms with E-state index < -0.39 is 4.92 Å². The van der Waals surface area contributed by atoms with Crippen LogP contribution in [0.4, 0.5) is 5.69 Å². The number of benzene rings is 1. The van der Waals surface area contributed by atoms with Crippen LogP contribution in [0.2, 0.25) is 0 Å². The van der Waals surface area contributed by atoms with Crippen molar-refractivity contribution >= 4 is 35.8 Å². The first-order chi connectivity index (χ1) is 11.0. The zero-order valence-electron chi connectivity index (χ0n) is 13.9. The van der Waals surface area contributed by atoms with Crippen LogP contribution in [0.3, 0.4) is 0 Å². The van der Waals surface area contributed by atoms with Crippen LogP contribution in [0.25, 0.3) is 0 Å². The van der Waals surface area contributed by atoms with Crippen molar-refractivity contribution in [2.45, 2.75) is 42.9 Å². The first-order valence-corrected chi connectivity index (χ1v) is 8.83. The van der Waals surface area contributed by atoms with Gasteiger partial charge < -0.3 is 10.2 Å². The average Bonchev–Trinajstić information content (AvgIpc) is 3.06. The fraction of sp³-hybridized carbons (Fsp3) is 0.562. The molecule has 1 aromatic rings. The van der Waals surface area contributed by atoms with Gasteiger partial charge in [0.15, 0.2) is 0 Å². The molecule has 0 bridgehead atoms. The number of rotatable bonds is 7. The van der Waals surface area contributed by atoms with Crippen molar-refractivity contribution in [3.05, 3.63) is 34.4 Å². The molecule has 1 N–H and O–H groups in total. The number of nitrogens with zero attached hydrogens (tertiary/aromatic N) is 2. The summed E-state index contributed by atoms with van der Waals surface area (Å²) in [4.78, 5) is 25.9. The summed E-state index contributed by atoms with van der Waals surface area (Å²) in [7, 11) is 0. The summed E-state index contributed by atoms with van der Waals surface area (Å²) >= 11 is 1.45. The molecule has 1 saturated heterocycles. The number of nitro benzene ring substituents is 1. The lowest BCUT2D eigenvalue weighted by Crippen LogP contribution is -2.45. The predicted octanol–water partition coefficient (Wildman–Crippen LogP) is 3.10. The lowest BCUT2D eigenvalue weighted by molar-refractivity contribution is -0.384. The van der Waals surface area contributed by atoms with Crippen LogP contribution in [-0.4, -0.2) is 46.7 Å². The van der Waals surface area contributed by atoms with E-state index in [4.69, 9.17) is 0 Å². The third-order valence-electron chi connectivity index (χ3n) is 3.93. The van der Waals surface area contributed by atoms with Gasteiger partial charge in [0.25, 0.3) is 5.69 Å². The largest absolute Gasteiger partial charge is 0.337 e. The molecule has 0 aliphatic carbocycles. The number of nitro groups is 1. The smallest absolute Gasteiger partial charge is 0.269 e. The Kier molecular flexibility index (Phi) is 8.52. The minimum absolute atomic E-state index is 0. The summed E-state index contributed by atoms with van der Waals surface area (Å²) in [5.74, 6) is 0.143. The van der Waals surface area contributed by atoms with E-state index in [1.54, 1.807) is 12.1 Å². The highest BCUT2D eigenvalue weighted by Crippen LogP contribution is 2.27. The highest BCUT2D eigenvalue weighted by Gasteiger charge is 2.29. The molecule has 1 aliphatic rings. The molecule has 6 nitrogen and oxygen atoms in total. The summed E-state index contributed by atoms with van der Waals surface area (Å²) in [5.41, 5.74) is 0.0676. The third-order valence-corrected chi connectivity index (χ3v) is 5.03. The van der Waals surface area contributed by atoms with Crippen molar-refractivity contribution in [3.8, 4) is 0 Å². The van der Waals surface area contributed by atoms with Gasteiger partial charge in [-0.3, -0.25) is 14.9 Å². The Bertz CT molecular complexity index is 550. The molecule has 134 valence electrons. The van der Waals surface area contributed by atoms with Gasteiger partial charge in [0, 0.05) is 36.2 Å². The van der Waals surface area contributed by atoms with Gasteiger partial charge in [-0.25, -0.2) is 0 Å². The zero-order chi connectivity index (χ0) is 16.8. The van der Waals surface area contributed by atoms with Crippen molar-refractivity contribution in [3.63, 3.8) is 0 Å². The summed E-state index contributed by atoms with van der Waals surface area (Å²) in [6.07, 6.45) is 1.94. The first kappa shape index (κ1) is 20.7. The molecule has 0 radical (unpaired) electrons. The molecule has 1 fully saturated rings. The molecule has 1 aliphatic heterocycles. The fourth-order valence-electron chi connectivity index (χ4n) is 2.75. The Morgan fingerprint density at radius 3 is 2.62 bits per heavy atom. The second-order valence-corrected chi connectivity index (χ2v) is 7.10. The number of carbonyl (C=O) groups excluding carboxylic acids is 1. The highest BCUT2D eigenvalue weighted by atomic mass is 35.5. The molecule has 1 heterocycles. The number of hydrogen-bond donors (Lipinski definition) is 1. The summed E-state index contributed by atoms with van der Waals surface area (Å²) in [5, 5.41) is 13.8. The number of nitrogens with one attached hydrogen (secondary N) is 1. The van der Waals surface area contributed by atoms with Gasteiger partial charge in [0.2, 0.25) is 5.91 Å². The van der Waals surface area contributed by atoms with Crippen molar-refractivity contribution in [2.75, 3.05) is 19.6 Å². The van der Waals surface area contributed by atoms with E-state index in [9.17, 15) is 14.9 Å². The Balaban J connectivity index is 0.00000288. The minimum atomic E-state index is -0.418. The molecule has 0 aromatic heterocycles. The number of hydrogen-bond acceptors (Lipinski definition) is 5. The van der Waals surface area contributed by atoms with E-state index in [1.807, 2.05) is 11.8 Å². The number of carbonyl (C=O) groups is 1. The first-order valence-electron chi connectivity index (χ1n) is 7.95. The number of amides is 1. The van der Waals surface area contributed by atoms with Gasteiger partial charge in [-0.05, 0) is 38.4 Å². The van der Waals surface area contributed by atoms with Gasteiger partial charge in [0.05, 0.1) is 10.2 Å². The number of halogens is 1. The fourth-order valence-corrected chi connectivity index (χ4v) is 3.69. The molecule has 0 spiro atoms. The van der Waals surface area contributed by atoms with Crippen molar-refractivity contribution < 1.29 is 9.72 Å². The van der Waals surface area contributed by atoms with Crippen molar-refractivity contribution in [1.82, 2.24) is 10.2 Å². The summed E-state index contributed by atoms with van der Waals surface area (Å²) < 4.78 is 0. The summed E-state index contributed by atoms with van der Waals surface area (Å²) in [6, 6.07) is 6.64. The molecular weight excluding hydrogens is 350 g/mol. The lowest BCUT2D eigenvalue weighted by Gasteiger charge is -2.30. The minimum Gasteiger partial charge on any atom is -0.337 e. The summed E-state index contributed by atoms with van der Waals surface area (Å²) in [6.45, 7) is 6.58. The molecule has 24 heavy (non-hydrogen) atoms. The van der Waals surface area contributed by atoms with Gasteiger partial charge >= 0.3 is 0 Å². The van der Waals surface area contributed by atoms with Crippen LogP contribution < -0.4 is 5.32 Å². The Morgan fingerprint density at radius 1 is 1.46 bits per heavy atom. The molecule has 2 unspecified atom stereocenters. The van der Waals surface area contributed by atoms with Crippen LogP contribution in [-0.2, 0) is 4.79 Å². The Labute approximate surface area is 152 Å². The van der Waals surface area contributed by atoms with E-state index >= 15 is 0 Å². The molecule has 2 rings (SSSR count). The maximum atomic E-state index is 12.8. The monoisotopic (exact) mass is 373 g/mol. The van der Waals surface area contributed by atoms with Crippen LogP contribution in [0.15, 0.2) is 29.2 Å². The second-order valence-electron chi connectivity index (χ2n) is 5.69. The third kappa shape index (κ3) is 5.36. The quantitative estimate of drug-likeness (QED) is 0.451. The maximum Gasteiger partial charge on any atom is 0.269 e. The van der Waals surface area contributed by atoms with Gasteiger partial charge in [0.1, 0.15) is 0 Å². The average molecular weight is 374 g/mol. The zero-order valence-corrected chi connectivity index (χ0v) is 15.6. The number of non-ortho nitro benzene ring substituents is 1. The molecule has 2 atom stereocenters. The highest BCUT2D eigenvalue weighted by molar-refractivity contribution is 8.00. The van der Waals surface area contributed by atoms with Crippen LogP contribution in [0.1, 0.15) is 26.7 Å². The van der Waals surface area contributed by atoms with Gasteiger partial charge in [-0.15, -0.1) is 24.2 Å². The molecule has 1 aromatic carbocycles. The molecule has 8 heteroatoms. The van der Waals surface area contributed by atoms with Gasteiger partial charge in [-0.1, -0.05) is 6.92 Å². The van der Waals surface area contributed by atoms with Crippen LogP contribution in [0.5, 0.6) is 0 Å². The normalized spacial score (nSPS) is 17.8. The lowest BCUT2D eigenvalue weighted by atomic mass is 10.2. The van der Waals surface area contributed by atoms with E-state index in [0.29, 0.717) is 0 Å². The Hall–Kier alpha value is -1.31.